The lowest BCUT2D eigenvalue weighted by Gasteiger charge is -2.06. The second kappa shape index (κ2) is 7.19. The van der Waals surface area contributed by atoms with E-state index in [1.165, 1.54) is 30.5 Å². The van der Waals surface area contributed by atoms with Crippen molar-refractivity contribution < 1.29 is 17.6 Å². The molecule has 1 amide bonds. The van der Waals surface area contributed by atoms with Gasteiger partial charge in [-0.25, -0.2) is 22.2 Å². The molecule has 0 unspecified atom stereocenters. The minimum atomic E-state index is -4.22. The highest BCUT2D eigenvalue weighted by Crippen LogP contribution is 2.20. The van der Waals surface area contributed by atoms with E-state index in [-0.39, 0.29) is 26.7 Å². The third-order valence-electron chi connectivity index (χ3n) is 3.54. The Labute approximate surface area is 158 Å². The Morgan fingerprint density at radius 1 is 1.26 bits per heavy atom. The maximum atomic E-state index is 13.8. The number of nitrogens with one attached hydrogen (secondary N) is 1. The van der Waals surface area contributed by atoms with Gasteiger partial charge in [0.2, 0.25) is 0 Å². The van der Waals surface area contributed by atoms with Crippen molar-refractivity contribution in [2.24, 2.45) is 0 Å². The van der Waals surface area contributed by atoms with Crippen LogP contribution in [-0.4, -0.2) is 24.1 Å². The van der Waals surface area contributed by atoms with Crippen LogP contribution in [0.5, 0.6) is 0 Å². The van der Waals surface area contributed by atoms with E-state index in [9.17, 15) is 17.6 Å². The van der Waals surface area contributed by atoms with Gasteiger partial charge < -0.3 is 0 Å². The number of hydrogen-bond donors (Lipinski definition) is 1. The topological polar surface area (TPSA) is 105 Å². The molecule has 2 aromatic carbocycles. The summed E-state index contributed by atoms with van der Waals surface area (Å²) in [7, 11) is -4.22. The Bertz CT molecular complexity index is 1180. The number of benzene rings is 2. The fourth-order valence-electron chi connectivity index (χ4n) is 2.20. The zero-order valence-electron chi connectivity index (χ0n) is 13.4. The van der Waals surface area contributed by atoms with Gasteiger partial charge in [-0.15, -0.1) is 0 Å². The molecule has 3 aromatic rings. The van der Waals surface area contributed by atoms with Crippen molar-refractivity contribution in [1.29, 1.82) is 5.26 Å². The third-order valence-corrected chi connectivity index (χ3v) is 5.18. The normalized spacial score (nSPS) is 11.0. The van der Waals surface area contributed by atoms with E-state index in [0.717, 1.165) is 23.0 Å². The van der Waals surface area contributed by atoms with E-state index in [4.69, 9.17) is 16.9 Å². The smallest absolute Gasteiger partial charge is 0.268 e. The van der Waals surface area contributed by atoms with E-state index in [1.54, 1.807) is 6.07 Å². The Kier molecular flexibility index (Phi) is 4.94. The molecule has 0 saturated carbocycles. The van der Waals surface area contributed by atoms with Crippen molar-refractivity contribution in [2.45, 2.75) is 4.90 Å². The average molecular weight is 405 g/mol. The second-order valence-corrected chi connectivity index (χ2v) is 7.40. The van der Waals surface area contributed by atoms with Gasteiger partial charge in [-0.05, 0) is 30.3 Å². The van der Waals surface area contributed by atoms with Crippen molar-refractivity contribution in [2.75, 3.05) is 0 Å². The number of aromatic nitrogens is 2. The average Bonchev–Trinajstić information content (AvgIpc) is 3.11. The molecule has 0 bridgehead atoms. The monoisotopic (exact) mass is 404 g/mol. The van der Waals surface area contributed by atoms with Crippen LogP contribution in [-0.2, 0) is 10.0 Å². The van der Waals surface area contributed by atoms with Crippen LogP contribution < -0.4 is 4.72 Å². The minimum absolute atomic E-state index is 0.0554. The van der Waals surface area contributed by atoms with E-state index in [1.807, 2.05) is 10.8 Å². The molecule has 3 rings (SSSR count). The molecule has 0 spiro atoms. The first-order valence-corrected chi connectivity index (χ1v) is 9.24. The van der Waals surface area contributed by atoms with Crippen molar-refractivity contribution in [3.05, 3.63) is 76.8 Å². The van der Waals surface area contributed by atoms with Crippen molar-refractivity contribution in [3.8, 4) is 11.8 Å². The van der Waals surface area contributed by atoms with E-state index >= 15 is 0 Å². The Balaban J connectivity index is 1.84. The van der Waals surface area contributed by atoms with Gasteiger partial charge in [0.05, 0.1) is 27.2 Å². The summed E-state index contributed by atoms with van der Waals surface area (Å²) in [6.45, 7) is 0. The fourth-order valence-corrected chi connectivity index (χ4v) is 3.49. The van der Waals surface area contributed by atoms with Gasteiger partial charge >= 0.3 is 0 Å². The van der Waals surface area contributed by atoms with Crippen LogP contribution in [0.4, 0.5) is 4.39 Å². The van der Waals surface area contributed by atoms with Gasteiger partial charge in [-0.1, -0.05) is 23.7 Å². The molecule has 0 aliphatic heterocycles. The first-order valence-electron chi connectivity index (χ1n) is 7.38. The first-order chi connectivity index (χ1) is 12.8. The number of amides is 1. The predicted molar refractivity (Wildman–Crippen MR) is 94.3 cm³/mol. The van der Waals surface area contributed by atoms with Crippen LogP contribution in [0.25, 0.3) is 5.69 Å². The summed E-state index contributed by atoms with van der Waals surface area (Å²) in [5.74, 6) is -1.49. The molecule has 1 heterocycles. The summed E-state index contributed by atoms with van der Waals surface area (Å²) in [6, 6.07) is 11.1. The molecular weight excluding hydrogens is 395 g/mol. The highest BCUT2D eigenvalue weighted by Gasteiger charge is 2.21. The van der Waals surface area contributed by atoms with E-state index < -0.39 is 21.7 Å². The van der Waals surface area contributed by atoms with Crippen molar-refractivity contribution in [1.82, 2.24) is 14.5 Å². The number of carbonyl (C=O) groups excluding carboxylic acids is 1. The number of para-hydroxylation sites is 1. The standard InChI is InChI=1S/C17H10ClFN4O3S/c18-14-7-13(6-5-11(14)8-20)27(25,26)22-17(24)12-9-21-23(10-12)16-4-2-1-3-15(16)19/h1-7,9-10H,(H,22,24). The Morgan fingerprint density at radius 3 is 2.67 bits per heavy atom. The molecule has 0 fully saturated rings. The summed E-state index contributed by atoms with van der Waals surface area (Å²) in [4.78, 5) is 12.0. The number of hydrogen-bond acceptors (Lipinski definition) is 5. The molecule has 0 aliphatic carbocycles. The van der Waals surface area contributed by atoms with Crippen LogP contribution in [0.2, 0.25) is 5.02 Å². The van der Waals surface area contributed by atoms with Crippen LogP contribution >= 0.6 is 11.6 Å². The van der Waals surface area contributed by atoms with Crippen LogP contribution in [0.15, 0.2) is 59.8 Å². The quantitative estimate of drug-likeness (QED) is 0.719. The van der Waals surface area contributed by atoms with Gasteiger partial charge in [0.25, 0.3) is 15.9 Å². The summed E-state index contributed by atoms with van der Waals surface area (Å²) in [5.41, 5.74) is 0.132. The number of rotatable bonds is 4. The lowest BCUT2D eigenvalue weighted by Crippen LogP contribution is -2.30. The van der Waals surface area contributed by atoms with Crippen molar-refractivity contribution >= 4 is 27.5 Å². The first kappa shape index (κ1) is 18.6. The van der Waals surface area contributed by atoms with Gasteiger partial charge in [0.1, 0.15) is 17.6 Å². The molecule has 10 heteroatoms. The fraction of sp³-hybridized carbons (Fsp3) is 0. The predicted octanol–water partition coefficient (Wildman–Crippen LogP) is 2.66. The highest BCUT2D eigenvalue weighted by atomic mass is 35.5. The lowest BCUT2D eigenvalue weighted by atomic mass is 10.2. The summed E-state index contributed by atoms with van der Waals surface area (Å²) in [6.07, 6.45) is 2.32. The van der Waals surface area contributed by atoms with Gasteiger partial charge in [-0.3, -0.25) is 4.79 Å². The Morgan fingerprint density at radius 2 is 2.00 bits per heavy atom. The maximum absolute atomic E-state index is 13.8. The number of sulfonamides is 1. The number of halogens is 2. The zero-order chi connectivity index (χ0) is 19.6. The third kappa shape index (κ3) is 3.81. The molecule has 136 valence electrons. The number of nitrogens with zero attached hydrogens (tertiary/aromatic N) is 3. The van der Waals surface area contributed by atoms with E-state index in [0.29, 0.717) is 0 Å². The molecular formula is C17H10ClFN4O3S. The maximum Gasteiger partial charge on any atom is 0.268 e. The van der Waals surface area contributed by atoms with Gasteiger partial charge in [0, 0.05) is 6.20 Å². The Hall–Kier alpha value is -3.22. The molecule has 27 heavy (non-hydrogen) atoms. The lowest BCUT2D eigenvalue weighted by molar-refractivity contribution is 0.0981. The second-order valence-electron chi connectivity index (χ2n) is 5.31. The molecule has 0 radical (unpaired) electrons. The summed E-state index contributed by atoms with van der Waals surface area (Å²) < 4.78 is 41.5. The summed E-state index contributed by atoms with van der Waals surface area (Å²) >= 11 is 5.83. The van der Waals surface area contributed by atoms with Crippen LogP contribution in [0.1, 0.15) is 15.9 Å². The molecule has 1 aromatic heterocycles. The molecule has 7 nitrogen and oxygen atoms in total. The van der Waals surface area contributed by atoms with E-state index in [2.05, 4.69) is 5.10 Å². The number of carbonyl (C=O) groups is 1. The molecule has 0 aliphatic rings. The molecule has 0 saturated heterocycles. The zero-order valence-corrected chi connectivity index (χ0v) is 15.0. The minimum Gasteiger partial charge on any atom is -0.268 e. The summed E-state index contributed by atoms with van der Waals surface area (Å²) in [5, 5.41) is 12.6. The van der Waals surface area contributed by atoms with Crippen LogP contribution in [0.3, 0.4) is 0 Å². The molecule has 0 atom stereocenters. The van der Waals surface area contributed by atoms with Gasteiger partial charge in [-0.2, -0.15) is 10.4 Å². The van der Waals surface area contributed by atoms with Crippen molar-refractivity contribution in [3.63, 3.8) is 0 Å². The SMILES string of the molecule is N#Cc1ccc(S(=O)(=O)NC(=O)c2cnn(-c3ccccc3F)c2)cc1Cl. The number of nitriles is 1. The van der Waals surface area contributed by atoms with Gasteiger partial charge in [0.15, 0.2) is 0 Å². The molecule has 1 N–H and O–H groups in total. The van der Waals surface area contributed by atoms with Crippen LogP contribution in [0, 0.1) is 17.1 Å². The highest BCUT2D eigenvalue weighted by molar-refractivity contribution is 7.90. The largest absolute Gasteiger partial charge is 0.268 e.